The number of ether oxygens (including phenoxy) is 1. The first-order valence-electron chi connectivity index (χ1n) is 13.2. The molecule has 0 aromatic heterocycles. The third-order valence-corrected chi connectivity index (χ3v) is 8.54. The van der Waals surface area contributed by atoms with Gasteiger partial charge < -0.3 is 9.84 Å². The van der Waals surface area contributed by atoms with Crippen molar-refractivity contribution in [2.75, 3.05) is 0 Å². The first kappa shape index (κ1) is 26.4. The van der Waals surface area contributed by atoms with E-state index in [0.717, 1.165) is 43.4 Å². The van der Waals surface area contributed by atoms with E-state index in [0.29, 0.717) is 4.91 Å². The lowest BCUT2D eigenvalue weighted by atomic mass is 9.88. The number of carbonyl (C=O) groups is 1. The minimum Gasteiger partial charge on any atom is -0.486 e. The topological polar surface area (TPSA) is 75.6 Å². The van der Waals surface area contributed by atoms with Crippen LogP contribution in [-0.2, 0) is 28.6 Å². The van der Waals surface area contributed by atoms with Crippen LogP contribution in [0.3, 0.4) is 0 Å². The Kier molecular flexibility index (Phi) is 7.30. The van der Waals surface area contributed by atoms with Gasteiger partial charge in [-0.2, -0.15) is 0 Å². The molecule has 38 heavy (non-hydrogen) atoms. The van der Waals surface area contributed by atoms with Gasteiger partial charge in [-0.3, -0.25) is 9.52 Å². The highest BCUT2D eigenvalue weighted by Crippen LogP contribution is 2.42. The van der Waals surface area contributed by atoms with E-state index in [-0.39, 0.29) is 12.0 Å². The zero-order chi connectivity index (χ0) is 27.0. The molecular formula is C32H35NO4S. The van der Waals surface area contributed by atoms with Crippen LogP contribution in [0.25, 0.3) is 16.0 Å². The Hall–Kier alpha value is -3.22. The Labute approximate surface area is 227 Å². The summed E-state index contributed by atoms with van der Waals surface area (Å²) in [5.74, 6) is 0.423. The second-order valence-electron chi connectivity index (χ2n) is 11.1. The highest BCUT2D eigenvalue weighted by Gasteiger charge is 2.28. The van der Waals surface area contributed by atoms with Gasteiger partial charge in [0.25, 0.3) is 5.91 Å². The summed E-state index contributed by atoms with van der Waals surface area (Å²) in [6.45, 7) is 8.13. The fourth-order valence-electron chi connectivity index (χ4n) is 5.72. The van der Waals surface area contributed by atoms with Gasteiger partial charge in [-0.15, -0.1) is 0 Å². The molecule has 0 spiro atoms. The molecule has 6 heteroatoms. The smallest absolute Gasteiger partial charge is 0.257 e. The maximum atomic E-state index is 12.1. The van der Waals surface area contributed by atoms with Gasteiger partial charge in [0, 0.05) is 6.08 Å². The molecule has 1 aliphatic heterocycles. The molecule has 1 heterocycles. The van der Waals surface area contributed by atoms with Gasteiger partial charge in [0.2, 0.25) is 0 Å². The van der Waals surface area contributed by atoms with Crippen LogP contribution >= 0.6 is 0 Å². The summed E-state index contributed by atoms with van der Waals surface area (Å²) in [4.78, 5) is 12.0. The molecule has 1 aliphatic carbocycles. The summed E-state index contributed by atoms with van der Waals surface area (Å²) >= 11 is 0. The van der Waals surface area contributed by atoms with Crippen molar-refractivity contribution in [2.24, 2.45) is 0 Å². The Balaban J connectivity index is 1.34. The highest BCUT2D eigenvalue weighted by atomic mass is 32.2. The van der Waals surface area contributed by atoms with Crippen LogP contribution in [0.15, 0.2) is 60.7 Å². The van der Waals surface area contributed by atoms with Crippen LogP contribution in [-0.4, -0.2) is 20.8 Å². The zero-order valence-electron chi connectivity index (χ0n) is 22.5. The lowest BCUT2D eigenvalue weighted by Crippen LogP contribution is -2.18. The van der Waals surface area contributed by atoms with Crippen molar-refractivity contribution < 1.29 is 18.8 Å². The van der Waals surface area contributed by atoms with Crippen molar-refractivity contribution >= 4 is 21.8 Å². The second-order valence-corrected chi connectivity index (χ2v) is 12.2. The number of hydrogen-bond acceptors (Lipinski definition) is 4. The first-order chi connectivity index (χ1) is 18.1. The average molecular weight is 530 g/mol. The molecule has 2 atom stereocenters. The molecule has 0 bridgehead atoms. The molecule has 3 aromatic carbocycles. The minimum absolute atomic E-state index is 0.0272. The van der Waals surface area contributed by atoms with E-state index in [9.17, 15) is 14.1 Å². The van der Waals surface area contributed by atoms with E-state index in [4.69, 9.17) is 4.74 Å². The second kappa shape index (κ2) is 10.5. The zero-order valence-corrected chi connectivity index (χ0v) is 23.3. The molecule has 5 nitrogen and oxygen atoms in total. The number of aryl methyl sites for hydroxylation is 3. The fraction of sp³-hybridized carbons (Fsp3) is 0.344. The Morgan fingerprint density at radius 3 is 2.42 bits per heavy atom. The number of nitrogens with one attached hydrogen (secondary N) is 1. The van der Waals surface area contributed by atoms with Gasteiger partial charge in [-0.05, 0) is 116 Å². The summed E-state index contributed by atoms with van der Waals surface area (Å²) in [6, 6.07) is 18.6. The summed E-state index contributed by atoms with van der Waals surface area (Å²) in [6.07, 6.45) is 5.94. The highest BCUT2D eigenvalue weighted by molar-refractivity contribution is 7.93. The van der Waals surface area contributed by atoms with Crippen LogP contribution in [0.5, 0.6) is 5.75 Å². The molecule has 3 aromatic rings. The maximum absolute atomic E-state index is 12.1. The first-order valence-corrected chi connectivity index (χ1v) is 14.4. The number of carbonyl (C=O) groups excluding carboxylic acids is 1. The van der Waals surface area contributed by atoms with Crippen molar-refractivity contribution in [3.63, 3.8) is 0 Å². The van der Waals surface area contributed by atoms with E-state index in [1.54, 1.807) is 0 Å². The molecule has 0 saturated heterocycles. The van der Waals surface area contributed by atoms with Crippen LogP contribution in [0, 0.1) is 13.8 Å². The van der Waals surface area contributed by atoms with Gasteiger partial charge in [0.05, 0.1) is 10.5 Å². The van der Waals surface area contributed by atoms with E-state index in [1.807, 2.05) is 38.1 Å². The van der Waals surface area contributed by atoms with Crippen molar-refractivity contribution in [1.29, 1.82) is 0 Å². The number of amides is 1. The maximum Gasteiger partial charge on any atom is 0.257 e. The normalized spacial score (nSPS) is 18.8. The lowest BCUT2D eigenvalue weighted by Gasteiger charge is -2.19. The summed E-state index contributed by atoms with van der Waals surface area (Å²) in [5.41, 5.74) is 9.18. The van der Waals surface area contributed by atoms with Crippen LogP contribution in [0.2, 0.25) is 0 Å². The average Bonchev–Trinajstić information content (AvgIpc) is 3.41. The van der Waals surface area contributed by atoms with Crippen LogP contribution < -0.4 is 9.46 Å². The predicted octanol–water partition coefficient (Wildman–Crippen LogP) is 6.26. The molecule has 0 saturated carbocycles. The molecule has 198 valence electrons. The SMILES string of the molecule is Cc1cc(CCCC(C)(C)O)cc(C)c1-c1cccc2c1CC[C@H]2Oc1ccc(C2=CC(=O)NS2=O)cc1. The molecular weight excluding hydrogens is 494 g/mol. The molecule has 0 fully saturated rings. The monoisotopic (exact) mass is 529 g/mol. The molecule has 5 rings (SSSR count). The number of hydrogen-bond donors (Lipinski definition) is 2. The molecule has 2 aliphatic rings. The van der Waals surface area contributed by atoms with Crippen LogP contribution in [0.4, 0.5) is 0 Å². The Morgan fingerprint density at radius 1 is 1.08 bits per heavy atom. The van der Waals surface area contributed by atoms with E-state index >= 15 is 0 Å². The predicted molar refractivity (Wildman–Crippen MR) is 153 cm³/mol. The van der Waals surface area contributed by atoms with Gasteiger partial charge in [0.1, 0.15) is 11.9 Å². The quantitative estimate of drug-likeness (QED) is 0.361. The molecule has 2 N–H and O–H groups in total. The number of aliphatic hydroxyl groups is 1. The van der Waals surface area contributed by atoms with Gasteiger partial charge >= 0.3 is 0 Å². The Morgan fingerprint density at radius 2 is 1.79 bits per heavy atom. The van der Waals surface area contributed by atoms with Crippen molar-refractivity contribution in [3.05, 3.63) is 94.1 Å². The number of rotatable bonds is 8. The van der Waals surface area contributed by atoms with Gasteiger partial charge in [-0.1, -0.05) is 42.5 Å². The standard InChI is InChI=1S/C32H35NO4S/c1-20-17-22(7-6-16-32(3,4)35)18-21(2)31(20)27-9-5-8-26-25(27)14-15-28(26)37-24-12-10-23(11-13-24)29-19-30(34)33-38(29)36/h5,8-13,17-19,28,35H,6-7,14-16H2,1-4H3,(H,33,34)/t28-,38?/m1/s1. The summed E-state index contributed by atoms with van der Waals surface area (Å²) in [5, 5.41) is 10.0. The van der Waals surface area contributed by atoms with E-state index in [1.165, 1.54) is 45.0 Å². The number of fused-ring (bicyclic) bond motifs is 1. The Bertz CT molecular complexity index is 1410. The minimum atomic E-state index is -1.50. The van der Waals surface area contributed by atoms with Crippen molar-refractivity contribution in [2.45, 2.75) is 71.5 Å². The van der Waals surface area contributed by atoms with Crippen LogP contribution in [0.1, 0.15) is 72.6 Å². The van der Waals surface area contributed by atoms with Crippen molar-refractivity contribution in [3.8, 4) is 16.9 Å². The van der Waals surface area contributed by atoms with E-state index in [2.05, 4.69) is 48.9 Å². The van der Waals surface area contributed by atoms with Gasteiger partial charge in [0.15, 0.2) is 11.0 Å². The summed E-state index contributed by atoms with van der Waals surface area (Å²) in [7, 11) is -1.50. The van der Waals surface area contributed by atoms with E-state index < -0.39 is 16.6 Å². The van der Waals surface area contributed by atoms with Crippen molar-refractivity contribution in [1.82, 2.24) is 4.72 Å². The largest absolute Gasteiger partial charge is 0.486 e. The number of benzene rings is 3. The lowest BCUT2D eigenvalue weighted by molar-refractivity contribution is -0.114. The van der Waals surface area contributed by atoms with Gasteiger partial charge in [-0.25, -0.2) is 4.21 Å². The third kappa shape index (κ3) is 5.62. The molecule has 1 amide bonds. The molecule has 1 unspecified atom stereocenters. The fourth-order valence-corrected chi connectivity index (χ4v) is 6.64. The third-order valence-electron chi connectivity index (χ3n) is 7.40. The summed E-state index contributed by atoms with van der Waals surface area (Å²) < 4.78 is 20.9. The molecule has 0 radical (unpaired) electrons.